The standard InChI is InChI=1S/C21H32N6O2/c1-3-22-20(25-16-21(12-15-28-2)10-5-6-11-21)24-14-9-18-26-19(29-27-18)17-8-4-7-13-23-17/h4,7-8,13H,3,5-6,9-12,14-16H2,1-2H3,(H2,22,24,25). The summed E-state index contributed by atoms with van der Waals surface area (Å²) in [6, 6.07) is 5.61. The average molecular weight is 401 g/mol. The van der Waals surface area contributed by atoms with Crippen LogP contribution in [-0.2, 0) is 11.2 Å². The van der Waals surface area contributed by atoms with E-state index in [1.165, 1.54) is 25.7 Å². The number of nitrogens with one attached hydrogen (secondary N) is 2. The van der Waals surface area contributed by atoms with Crippen LogP contribution < -0.4 is 10.6 Å². The lowest BCUT2D eigenvalue weighted by atomic mass is 9.83. The number of methoxy groups -OCH3 is 1. The Morgan fingerprint density at radius 2 is 2.14 bits per heavy atom. The Kier molecular flexibility index (Phi) is 7.98. The number of ether oxygens (including phenoxy) is 1. The molecule has 0 amide bonds. The SMILES string of the molecule is CCNC(=NCC1(CCOC)CCCC1)NCCc1noc(-c2ccccn2)n1. The van der Waals surface area contributed by atoms with Gasteiger partial charge in [0.1, 0.15) is 5.69 Å². The number of pyridine rings is 1. The summed E-state index contributed by atoms with van der Waals surface area (Å²) < 4.78 is 10.6. The third kappa shape index (κ3) is 6.25. The van der Waals surface area contributed by atoms with E-state index in [4.69, 9.17) is 14.3 Å². The predicted octanol–water partition coefficient (Wildman–Crippen LogP) is 2.83. The summed E-state index contributed by atoms with van der Waals surface area (Å²) >= 11 is 0. The maximum atomic E-state index is 5.32. The molecule has 1 saturated carbocycles. The fourth-order valence-electron chi connectivity index (χ4n) is 3.76. The molecule has 1 aliphatic rings. The number of hydrogen-bond donors (Lipinski definition) is 2. The lowest BCUT2D eigenvalue weighted by Gasteiger charge is -2.27. The molecule has 29 heavy (non-hydrogen) atoms. The molecule has 0 radical (unpaired) electrons. The zero-order chi connectivity index (χ0) is 20.4. The van der Waals surface area contributed by atoms with E-state index in [0.717, 1.165) is 32.1 Å². The van der Waals surface area contributed by atoms with E-state index in [1.807, 2.05) is 18.2 Å². The first-order chi connectivity index (χ1) is 14.2. The molecule has 0 aromatic carbocycles. The number of guanidine groups is 1. The molecule has 2 N–H and O–H groups in total. The van der Waals surface area contributed by atoms with E-state index in [2.05, 4.69) is 32.7 Å². The zero-order valence-electron chi connectivity index (χ0n) is 17.5. The Morgan fingerprint density at radius 1 is 1.28 bits per heavy atom. The van der Waals surface area contributed by atoms with Crippen LogP contribution in [0.15, 0.2) is 33.9 Å². The smallest absolute Gasteiger partial charge is 0.276 e. The van der Waals surface area contributed by atoms with Crippen molar-refractivity contribution in [3.8, 4) is 11.6 Å². The monoisotopic (exact) mass is 400 g/mol. The van der Waals surface area contributed by atoms with Crippen molar-refractivity contribution in [2.75, 3.05) is 33.4 Å². The second-order valence-electron chi connectivity index (χ2n) is 7.55. The molecule has 158 valence electrons. The minimum Gasteiger partial charge on any atom is -0.385 e. The van der Waals surface area contributed by atoms with E-state index in [0.29, 0.717) is 30.4 Å². The lowest BCUT2D eigenvalue weighted by molar-refractivity contribution is 0.141. The number of aliphatic imine (C=N–C) groups is 1. The van der Waals surface area contributed by atoms with Gasteiger partial charge in [-0.2, -0.15) is 4.98 Å². The van der Waals surface area contributed by atoms with Crippen LogP contribution in [0, 0.1) is 5.41 Å². The van der Waals surface area contributed by atoms with Crippen LogP contribution in [0.1, 0.15) is 44.9 Å². The van der Waals surface area contributed by atoms with Crippen molar-refractivity contribution in [2.24, 2.45) is 10.4 Å². The third-order valence-corrected chi connectivity index (χ3v) is 5.41. The molecular weight excluding hydrogens is 368 g/mol. The van der Waals surface area contributed by atoms with Crippen molar-refractivity contribution in [1.29, 1.82) is 0 Å². The Labute approximate surface area is 172 Å². The molecule has 2 aromatic heterocycles. The van der Waals surface area contributed by atoms with Gasteiger partial charge in [0.05, 0.1) is 0 Å². The van der Waals surface area contributed by atoms with Gasteiger partial charge in [-0.15, -0.1) is 0 Å². The van der Waals surface area contributed by atoms with Gasteiger partial charge < -0.3 is 19.9 Å². The molecule has 0 spiro atoms. The number of aromatic nitrogens is 3. The molecule has 8 nitrogen and oxygen atoms in total. The maximum Gasteiger partial charge on any atom is 0.276 e. The number of nitrogens with zero attached hydrogens (tertiary/aromatic N) is 4. The van der Waals surface area contributed by atoms with Gasteiger partial charge in [-0.25, -0.2) is 0 Å². The largest absolute Gasteiger partial charge is 0.385 e. The van der Waals surface area contributed by atoms with E-state index in [1.54, 1.807) is 13.3 Å². The highest BCUT2D eigenvalue weighted by Gasteiger charge is 2.33. The Morgan fingerprint density at radius 3 is 2.86 bits per heavy atom. The van der Waals surface area contributed by atoms with Crippen LogP contribution in [0.25, 0.3) is 11.6 Å². The summed E-state index contributed by atoms with van der Waals surface area (Å²) in [7, 11) is 1.77. The quantitative estimate of drug-likeness (QED) is 0.467. The van der Waals surface area contributed by atoms with Crippen molar-refractivity contribution < 1.29 is 9.26 Å². The zero-order valence-corrected chi connectivity index (χ0v) is 17.5. The highest BCUT2D eigenvalue weighted by atomic mass is 16.5. The van der Waals surface area contributed by atoms with Crippen molar-refractivity contribution >= 4 is 5.96 Å². The van der Waals surface area contributed by atoms with Crippen molar-refractivity contribution in [3.63, 3.8) is 0 Å². The highest BCUT2D eigenvalue weighted by Crippen LogP contribution is 2.41. The first kappa shape index (κ1) is 21.2. The average Bonchev–Trinajstić information content (AvgIpc) is 3.42. The third-order valence-electron chi connectivity index (χ3n) is 5.41. The molecular formula is C21H32N6O2. The molecule has 3 rings (SSSR count). The van der Waals surface area contributed by atoms with Crippen LogP contribution in [0.2, 0.25) is 0 Å². The summed E-state index contributed by atoms with van der Waals surface area (Å²) in [5.74, 6) is 1.94. The maximum absolute atomic E-state index is 5.32. The molecule has 1 fully saturated rings. The second-order valence-corrected chi connectivity index (χ2v) is 7.55. The summed E-state index contributed by atoms with van der Waals surface area (Å²) in [6.45, 7) is 5.21. The number of hydrogen-bond acceptors (Lipinski definition) is 6. The van der Waals surface area contributed by atoms with E-state index in [9.17, 15) is 0 Å². The molecule has 0 unspecified atom stereocenters. The Hall–Kier alpha value is -2.48. The van der Waals surface area contributed by atoms with Gasteiger partial charge in [-0.1, -0.05) is 24.1 Å². The van der Waals surface area contributed by atoms with Crippen LogP contribution >= 0.6 is 0 Å². The van der Waals surface area contributed by atoms with Gasteiger partial charge >= 0.3 is 0 Å². The molecule has 0 bridgehead atoms. The molecule has 0 atom stereocenters. The van der Waals surface area contributed by atoms with Crippen LogP contribution in [0.3, 0.4) is 0 Å². The van der Waals surface area contributed by atoms with Crippen LogP contribution in [-0.4, -0.2) is 54.4 Å². The van der Waals surface area contributed by atoms with E-state index in [-0.39, 0.29) is 5.41 Å². The topological polar surface area (TPSA) is 97.5 Å². The van der Waals surface area contributed by atoms with Gasteiger partial charge in [-0.3, -0.25) is 9.98 Å². The molecule has 0 aliphatic heterocycles. The molecule has 2 heterocycles. The fraction of sp³-hybridized carbons (Fsp3) is 0.619. The van der Waals surface area contributed by atoms with Crippen molar-refractivity contribution in [3.05, 3.63) is 30.2 Å². The van der Waals surface area contributed by atoms with E-state index < -0.39 is 0 Å². The minimum absolute atomic E-state index is 0.281. The lowest BCUT2D eigenvalue weighted by Crippen LogP contribution is -2.39. The Balaban J connectivity index is 1.53. The first-order valence-corrected chi connectivity index (χ1v) is 10.5. The summed E-state index contributed by atoms with van der Waals surface area (Å²) in [5.41, 5.74) is 0.968. The van der Waals surface area contributed by atoms with Gasteiger partial charge in [0.25, 0.3) is 5.89 Å². The second kappa shape index (κ2) is 10.9. The summed E-state index contributed by atoms with van der Waals surface area (Å²) in [4.78, 5) is 13.5. The van der Waals surface area contributed by atoms with Crippen LogP contribution in [0.4, 0.5) is 0 Å². The predicted molar refractivity (Wildman–Crippen MR) is 113 cm³/mol. The van der Waals surface area contributed by atoms with Gasteiger partial charge in [-0.05, 0) is 43.7 Å². The normalized spacial score (nSPS) is 16.1. The number of rotatable bonds is 10. The van der Waals surface area contributed by atoms with Gasteiger partial charge in [0, 0.05) is 46.0 Å². The highest BCUT2D eigenvalue weighted by molar-refractivity contribution is 5.79. The molecule has 8 heteroatoms. The van der Waals surface area contributed by atoms with Gasteiger partial charge in [0.2, 0.25) is 0 Å². The minimum atomic E-state index is 0.281. The summed E-state index contributed by atoms with van der Waals surface area (Å²) in [6.07, 6.45) is 8.49. The Bertz CT molecular complexity index is 756. The molecule has 0 saturated heterocycles. The van der Waals surface area contributed by atoms with E-state index >= 15 is 0 Å². The summed E-state index contributed by atoms with van der Waals surface area (Å²) in [5, 5.41) is 10.8. The first-order valence-electron chi connectivity index (χ1n) is 10.5. The van der Waals surface area contributed by atoms with Crippen molar-refractivity contribution in [1.82, 2.24) is 25.8 Å². The van der Waals surface area contributed by atoms with Gasteiger partial charge in [0.15, 0.2) is 11.8 Å². The van der Waals surface area contributed by atoms with Crippen LogP contribution in [0.5, 0.6) is 0 Å². The molecule has 2 aromatic rings. The fourth-order valence-corrected chi connectivity index (χ4v) is 3.76. The molecule has 1 aliphatic carbocycles. The van der Waals surface area contributed by atoms with Crippen molar-refractivity contribution in [2.45, 2.75) is 45.4 Å².